The molecule has 2 N–H and O–H groups in total. The fraction of sp³-hybridized carbons (Fsp3) is 1.00. The molecule has 0 spiro atoms. The molecular weight excluding hydrogens is 200 g/mol. The predicted molar refractivity (Wildman–Crippen MR) is 68.6 cm³/mol. The maximum Gasteiger partial charge on any atom is 0.0623 e. The number of hydrogen-bond donors (Lipinski definition) is 2. The summed E-state index contributed by atoms with van der Waals surface area (Å²) in [5.74, 6) is 1.62. The fourth-order valence-electron chi connectivity index (χ4n) is 2.63. The van der Waals surface area contributed by atoms with Crippen LogP contribution in [0.4, 0.5) is 0 Å². The van der Waals surface area contributed by atoms with E-state index in [0.29, 0.717) is 0 Å². The predicted octanol–water partition coefficient (Wildman–Crippen LogP) is 1.32. The Morgan fingerprint density at radius 1 is 1.50 bits per heavy atom. The number of likely N-dealkylation sites (N-methyl/N-ethyl adjacent to an activating group) is 1. The van der Waals surface area contributed by atoms with Gasteiger partial charge in [-0.1, -0.05) is 20.8 Å². The molecule has 0 saturated carbocycles. The molecule has 2 atom stereocenters. The van der Waals surface area contributed by atoms with Gasteiger partial charge in [-0.05, 0) is 38.3 Å². The Hall–Kier alpha value is -0.120. The highest BCUT2D eigenvalue weighted by Crippen LogP contribution is 2.24. The molecule has 0 radical (unpaired) electrons. The lowest BCUT2D eigenvalue weighted by Crippen LogP contribution is -2.53. The number of hydrogen-bond acceptors (Lipinski definition) is 3. The van der Waals surface area contributed by atoms with Crippen LogP contribution in [0.1, 0.15) is 34.1 Å². The third-order valence-corrected chi connectivity index (χ3v) is 3.78. The minimum absolute atomic E-state index is 0.138. The van der Waals surface area contributed by atoms with Crippen molar-refractivity contribution in [1.82, 2.24) is 10.2 Å². The highest BCUT2D eigenvalue weighted by atomic mass is 16.3. The third-order valence-electron chi connectivity index (χ3n) is 3.78. The maximum absolute atomic E-state index is 9.46. The largest absolute Gasteiger partial charge is 0.394 e. The first-order valence-electron chi connectivity index (χ1n) is 6.59. The quantitative estimate of drug-likeness (QED) is 0.720. The van der Waals surface area contributed by atoms with Crippen molar-refractivity contribution in [3.63, 3.8) is 0 Å². The van der Waals surface area contributed by atoms with E-state index in [2.05, 4.69) is 37.9 Å². The lowest BCUT2D eigenvalue weighted by atomic mass is 9.95. The van der Waals surface area contributed by atoms with Gasteiger partial charge in [0.05, 0.1) is 12.1 Å². The SMILES string of the molecule is CCNC(C)(CO)CN1CCC(C(C)C)C1. The summed E-state index contributed by atoms with van der Waals surface area (Å²) in [5.41, 5.74) is -0.138. The van der Waals surface area contributed by atoms with Crippen molar-refractivity contribution >= 4 is 0 Å². The van der Waals surface area contributed by atoms with Crippen molar-refractivity contribution in [3.8, 4) is 0 Å². The van der Waals surface area contributed by atoms with Gasteiger partial charge in [0.25, 0.3) is 0 Å². The monoisotopic (exact) mass is 228 g/mol. The first-order valence-corrected chi connectivity index (χ1v) is 6.59. The second-order valence-corrected chi connectivity index (χ2v) is 5.78. The molecule has 0 aliphatic carbocycles. The first kappa shape index (κ1) is 13.9. The van der Waals surface area contributed by atoms with Gasteiger partial charge in [-0.25, -0.2) is 0 Å². The molecule has 1 heterocycles. The average Bonchev–Trinajstić information content (AvgIpc) is 2.66. The van der Waals surface area contributed by atoms with Crippen molar-refractivity contribution < 1.29 is 5.11 Å². The van der Waals surface area contributed by atoms with Gasteiger partial charge in [-0.2, -0.15) is 0 Å². The summed E-state index contributed by atoms with van der Waals surface area (Å²) in [5, 5.41) is 12.9. The summed E-state index contributed by atoms with van der Waals surface area (Å²) in [4.78, 5) is 2.49. The van der Waals surface area contributed by atoms with Crippen LogP contribution >= 0.6 is 0 Å². The molecule has 0 bridgehead atoms. The van der Waals surface area contributed by atoms with Gasteiger partial charge in [-0.3, -0.25) is 0 Å². The second-order valence-electron chi connectivity index (χ2n) is 5.78. The highest BCUT2D eigenvalue weighted by molar-refractivity contribution is 4.89. The van der Waals surface area contributed by atoms with Crippen LogP contribution in [0.15, 0.2) is 0 Å². The molecule has 96 valence electrons. The minimum atomic E-state index is -0.138. The molecule has 3 nitrogen and oxygen atoms in total. The molecular formula is C13H28N2O. The Bertz CT molecular complexity index is 208. The van der Waals surface area contributed by atoms with Crippen LogP contribution in [0.5, 0.6) is 0 Å². The Balaban J connectivity index is 2.42. The average molecular weight is 228 g/mol. The van der Waals surface area contributed by atoms with E-state index >= 15 is 0 Å². The number of aliphatic hydroxyl groups is 1. The molecule has 2 unspecified atom stereocenters. The van der Waals surface area contributed by atoms with Crippen molar-refractivity contribution in [2.24, 2.45) is 11.8 Å². The van der Waals surface area contributed by atoms with E-state index in [1.54, 1.807) is 0 Å². The molecule has 3 heteroatoms. The molecule has 1 aliphatic heterocycles. The van der Waals surface area contributed by atoms with E-state index in [9.17, 15) is 5.11 Å². The van der Waals surface area contributed by atoms with Gasteiger partial charge in [0.2, 0.25) is 0 Å². The van der Waals surface area contributed by atoms with Crippen LogP contribution in [0, 0.1) is 11.8 Å². The van der Waals surface area contributed by atoms with E-state index < -0.39 is 0 Å². The number of aliphatic hydroxyl groups excluding tert-OH is 1. The van der Waals surface area contributed by atoms with Gasteiger partial charge in [0.1, 0.15) is 0 Å². The molecule has 1 rings (SSSR count). The second kappa shape index (κ2) is 5.99. The zero-order valence-corrected chi connectivity index (χ0v) is 11.3. The summed E-state index contributed by atoms with van der Waals surface area (Å²) in [6.07, 6.45) is 1.31. The lowest BCUT2D eigenvalue weighted by molar-refractivity contribution is 0.130. The highest BCUT2D eigenvalue weighted by Gasteiger charge is 2.30. The molecule has 16 heavy (non-hydrogen) atoms. The van der Waals surface area contributed by atoms with E-state index in [4.69, 9.17) is 0 Å². The molecule has 1 saturated heterocycles. The molecule has 0 amide bonds. The number of rotatable bonds is 6. The topological polar surface area (TPSA) is 35.5 Å². The van der Waals surface area contributed by atoms with Crippen molar-refractivity contribution in [2.75, 3.05) is 32.8 Å². The van der Waals surface area contributed by atoms with Crippen LogP contribution in [0.3, 0.4) is 0 Å². The fourth-order valence-corrected chi connectivity index (χ4v) is 2.63. The van der Waals surface area contributed by atoms with Crippen LogP contribution in [0.25, 0.3) is 0 Å². The maximum atomic E-state index is 9.46. The third kappa shape index (κ3) is 3.72. The molecule has 0 aromatic heterocycles. The normalized spacial score (nSPS) is 26.2. The van der Waals surface area contributed by atoms with Gasteiger partial charge in [0, 0.05) is 13.1 Å². The van der Waals surface area contributed by atoms with Gasteiger partial charge >= 0.3 is 0 Å². The van der Waals surface area contributed by atoms with Gasteiger partial charge in [-0.15, -0.1) is 0 Å². The van der Waals surface area contributed by atoms with Crippen molar-refractivity contribution in [2.45, 2.75) is 39.7 Å². The Kier molecular flexibility index (Phi) is 5.22. The summed E-state index contributed by atoms with van der Waals surface area (Å²) < 4.78 is 0. The minimum Gasteiger partial charge on any atom is -0.394 e. The number of likely N-dealkylation sites (tertiary alicyclic amines) is 1. The zero-order valence-electron chi connectivity index (χ0n) is 11.3. The van der Waals surface area contributed by atoms with E-state index in [1.807, 2.05) is 0 Å². The standard InChI is InChI=1S/C13H28N2O/c1-5-14-13(4,10-16)9-15-7-6-12(8-15)11(2)3/h11-12,14,16H,5-10H2,1-4H3. The Morgan fingerprint density at radius 2 is 2.19 bits per heavy atom. The summed E-state index contributed by atoms with van der Waals surface area (Å²) in [7, 11) is 0. The molecule has 1 aliphatic rings. The van der Waals surface area contributed by atoms with Gasteiger partial charge < -0.3 is 15.3 Å². The molecule has 0 aromatic rings. The Labute approximate surface area is 100 Å². The van der Waals surface area contributed by atoms with Crippen molar-refractivity contribution in [3.05, 3.63) is 0 Å². The van der Waals surface area contributed by atoms with E-state index in [-0.39, 0.29) is 12.1 Å². The van der Waals surface area contributed by atoms with E-state index in [0.717, 1.165) is 24.9 Å². The zero-order chi connectivity index (χ0) is 12.2. The van der Waals surface area contributed by atoms with E-state index in [1.165, 1.54) is 19.5 Å². The number of nitrogens with zero attached hydrogens (tertiary/aromatic N) is 1. The van der Waals surface area contributed by atoms with Gasteiger partial charge in [0.15, 0.2) is 0 Å². The number of nitrogens with one attached hydrogen (secondary N) is 1. The lowest BCUT2D eigenvalue weighted by Gasteiger charge is -2.33. The Morgan fingerprint density at radius 3 is 2.62 bits per heavy atom. The van der Waals surface area contributed by atoms with Crippen LogP contribution in [-0.2, 0) is 0 Å². The van der Waals surface area contributed by atoms with Crippen LogP contribution in [-0.4, -0.2) is 48.3 Å². The molecule has 0 aromatic carbocycles. The molecule has 1 fully saturated rings. The van der Waals surface area contributed by atoms with Crippen LogP contribution < -0.4 is 5.32 Å². The smallest absolute Gasteiger partial charge is 0.0623 e. The van der Waals surface area contributed by atoms with Crippen LogP contribution in [0.2, 0.25) is 0 Å². The van der Waals surface area contributed by atoms with Crippen molar-refractivity contribution in [1.29, 1.82) is 0 Å². The summed E-state index contributed by atoms with van der Waals surface area (Å²) in [6.45, 7) is 13.3. The summed E-state index contributed by atoms with van der Waals surface area (Å²) >= 11 is 0. The summed E-state index contributed by atoms with van der Waals surface area (Å²) in [6, 6.07) is 0. The first-order chi connectivity index (χ1) is 7.50.